The minimum absolute atomic E-state index is 0.152. The Morgan fingerprint density at radius 2 is 2.16 bits per heavy atom. The Bertz CT molecular complexity index is 563. The number of amides is 2. The molecule has 2 aromatic rings. The van der Waals surface area contributed by atoms with E-state index in [0.717, 1.165) is 18.5 Å². The van der Waals surface area contributed by atoms with Gasteiger partial charge in [0.2, 0.25) is 0 Å². The summed E-state index contributed by atoms with van der Waals surface area (Å²) in [5.41, 5.74) is 1.60. The SMILES string of the molecule is O=C(NCc1cn(-c2ccncc2)nn1)NC1CC1. The van der Waals surface area contributed by atoms with Gasteiger partial charge in [-0.05, 0) is 25.0 Å². The maximum absolute atomic E-state index is 11.5. The van der Waals surface area contributed by atoms with Crippen molar-refractivity contribution in [3.8, 4) is 5.69 Å². The lowest BCUT2D eigenvalue weighted by Gasteiger charge is -2.03. The van der Waals surface area contributed by atoms with Crippen molar-refractivity contribution in [1.29, 1.82) is 0 Å². The molecule has 0 bridgehead atoms. The number of nitrogens with zero attached hydrogens (tertiary/aromatic N) is 4. The highest BCUT2D eigenvalue weighted by Gasteiger charge is 2.22. The van der Waals surface area contributed by atoms with Gasteiger partial charge >= 0.3 is 6.03 Å². The zero-order chi connectivity index (χ0) is 13.1. The van der Waals surface area contributed by atoms with Gasteiger partial charge in [0.1, 0.15) is 5.69 Å². The molecular weight excluding hydrogens is 244 g/mol. The number of hydrogen-bond acceptors (Lipinski definition) is 4. The van der Waals surface area contributed by atoms with Crippen LogP contribution in [0.2, 0.25) is 0 Å². The molecule has 7 nitrogen and oxygen atoms in total. The van der Waals surface area contributed by atoms with Gasteiger partial charge in [-0.25, -0.2) is 9.48 Å². The van der Waals surface area contributed by atoms with Crippen LogP contribution in [-0.2, 0) is 6.54 Å². The van der Waals surface area contributed by atoms with E-state index in [0.29, 0.717) is 18.3 Å². The number of urea groups is 1. The second-order valence-electron chi connectivity index (χ2n) is 4.46. The van der Waals surface area contributed by atoms with Crippen molar-refractivity contribution in [2.45, 2.75) is 25.4 Å². The molecule has 7 heteroatoms. The molecule has 1 aliphatic rings. The predicted octanol–water partition coefficient (Wildman–Crippen LogP) is 0.624. The van der Waals surface area contributed by atoms with Gasteiger partial charge in [-0.2, -0.15) is 0 Å². The van der Waals surface area contributed by atoms with Crippen molar-refractivity contribution < 1.29 is 4.79 Å². The number of carbonyl (C=O) groups is 1. The van der Waals surface area contributed by atoms with Crippen molar-refractivity contribution in [3.63, 3.8) is 0 Å². The largest absolute Gasteiger partial charge is 0.335 e. The molecule has 0 unspecified atom stereocenters. The van der Waals surface area contributed by atoms with Crippen LogP contribution in [0.15, 0.2) is 30.7 Å². The lowest BCUT2D eigenvalue weighted by Crippen LogP contribution is -2.36. The van der Waals surface area contributed by atoms with Gasteiger partial charge in [0.05, 0.1) is 18.4 Å². The number of nitrogens with one attached hydrogen (secondary N) is 2. The highest BCUT2D eigenvalue weighted by Crippen LogP contribution is 2.18. The molecule has 1 saturated carbocycles. The third kappa shape index (κ3) is 3.06. The molecule has 0 aliphatic heterocycles. The highest BCUT2D eigenvalue weighted by atomic mass is 16.2. The Kier molecular flexibility index (Phi) is 3.09. The first-order valence-corrected chi connectivity index (χ1v) is 6.17. The van der Waals surface area contributed by atoms with E-state index in [4.69, 9.17) is 0 Å². The molecule has 0 atom stereocenters. The summed E-state index contributed by atoms with van der Waals surface area (Å²) in [4.78, 5) is 15.4. The third-order valence-corrected chi connectivity index (χ3v) is 2.81. The Hall–Kier alpha value is -2.44. The first kappa shape index (κ1) is 11.6. The maximum atomic E-state index is 11.5. The summed E-state index contributed by atoms with van der Waals surface area (Å²) in [6.07, 6.45) is 7.32. The summed E-state index contributed by atoms with van der Waals surface area (Å²) in [5.74, 6) is 0. The van der Waals surface area contributed by atoms with Gasteiger partial charge in [-0.1, -0.05) is 5.21 Å². The molecule has 2 heterocycles. The standard InChI is InChI=1S/C12H14N6O/c19-12(15-9-1-2-9)14-7-10-8-18(17-16-10)11-3-5-13-6-4-11/h3-6,8-9H,1-2,7H2,(H2,14,15,19). The summed E-state index contributed by atoms with van der Waals surface area (Å²) in [5, 5.41) is 13.6. The van der Waals surface area contributed by atoms with Crippen molar-refractivity contribution in [1.82, 2.24) is 30.6 Å². The van der Waals surface area contributed by atoms with E-state index in [1.54, 1.807) is 23.3 Å². The topological polar surface area (TPSA) is 84.7 Å². The Morgan fingerprint density at radius 3 is 2.89 bits per heavy atom. The Balaban J connectivity index is 1.57. The van der Waals surface area contributed by atoms with Crippen LogP contribution in [0.4, 0.5) is 4.79 Å². The molecule has 0 radical (unpaired) electrons. The minimum atomic E-state index is -0.152. The van der Waals surface area contributed by atoms with Crippen LogP contribution in [0.25, 0.3) is 5.69 Å². The number of aromatic nitrogens is 4. The van der Waals surface area contributed by atoms with Crippen molar-refractivity contribution >= 4 is 6.03 Å². The Morgan fingerprint density at radius 1 is 1.37 bits per heavy atom. The minimum Gasteiger partial charge on any atom is -0.335 e. The second-order valence-corrected chi connectivity index (χ2v) is 4.46. The lowest BCUT2D eigenvalue weighted by atomic mass is 10.4. The molecule has 2 N–H and O–H groups in total. The fourth-order valence-corrected chi connectivity index (χ4v) is 1.64. The zero-order valence-corrected chi connectivity index (χ0v) is 10.3. The number of hydrogen-bond donors (Lipinski definition) is 2. The lowest BCUT2D eigenvalue weighted by molar-refractivity contribution is 0.240. The van der Waals surface area contributed by atoms with Crippen LogP contribution in [0.5, 0.6) is 0 Å². The number of carbonyl (C=O) groups excluding carboxylic acids is 1. The van der Waals surface area contributed by atoms with Crippen LogP contribution in [0.3, 0.4) is 0 Å². The fraction of sp³-hybridized carbons (Fsp3) is 0.333. The van der Waals surface area contributed by atoms with E-state index >= 15 is 0 Å². The summed E-state index contributed by atoms with van der Waals surface area (Å²) in [7, 11) is 0. The molecule has 0 aromatic carbocycles. The summed E-state index contributed by atoms with van der Waals surface area (Å²) in [6.45, 7) is 0.365. The van der Waals surface area contributed by atoms with Crippen LogP contribution >= 0.6 is 0 Å². The predicted molar refractivity (Wildman–Crippen MR) is 67.5 cm³/mol. The van der Waals surface area contributed by atoms with Crippen molar-refractivity contribution in [3.05, 3.63) is 36.4 Å². The average Bonchev–Trinajstić information content (AvgIpc) is 3.12. The van der Waals surface area contributed by atoms with E-state index in [1.807, 2.05) is 12.1 Å². The molecule has 2 amide bonds. The van der Waals surface area contributed by atoms with Crippen LogP contribution in [-0.4, -0.2) is 32.1 Å². The smallest absolute Gasteiger partial charge is 0.315 e. The average molecular weight is 258 g/mol. The Labute approximate surface area is 110 Å². The molecule has 2 aromatic heterocycles. The molecule has 0 spiro atoms. The summed E-state index contributed by atoms with van der Waals surface area (Å²) < 4.78 is 1.65. The fourth-order valence-electron chi connectivity index (χ4n) is 1.64. The van der Waals surface area contributed by atoms with Crippen molar-refractivity contribution in [2.75, 3.05) is 0 Å². The van der Waals surface area contributed by atoms with E-state index < -0.39 is 0 Å². The van der Waals surface area contributed by atoms with Crippen LogP contribution in [0, 0.1) is 0 Å². The molecule has 19 heavy (non-hydrogen) atoms. The molecule has 1 fully saturated rings. The number of rotatable bonds is 4. The van der Waals surface area contributed by atoms with E-state index in [9.17, 15) is 4.79 Å². The zero-order valence-electron chi connectivity index (χ0n) is 10.3. The van der Waals surface area contributed by atoms with Gasteiger partial charge in [0, 0.05) is 18.4 Å². The van der Waals surface area contributed by atoms with Crippen molar-refractivity contribution in [2.24, 2.45) is 0 Å². The second kappa shape index (κ2) is 5.05. The molecule has 1 aliphatic carbocycles. The molecular formula is C12H14N6O. The first-order valence-electron chi connectivity index (χ1n) is 6.17. The van der Waals surface area contributed by atoms with E-state index in [2.05, 4.69) is 25.9 Å². The van der Waals surface area contributed by atoms with E-state index in [-0.39, 0.29) is 6.03 Å². The summed E-state index contributed by atoms with van der Waals surface area (Å²) >= 11 is 0. The van der Waals surface area contributed by atoms with Gasteiger partial charge in [-0.3, -0.25) is 4.98 Å². The quantitative estimate of drug-likeness (QED) is 0.842. The molecule has 98 valence electrons. The first-order chi connectivity index (χ1) is 9.31. The molecule has 0 saturated heterocycles. The van der Waals surface area contributed by atoms with Crippen LogP contribution in [0.1, 0.15) is 18.5 Å². The summed E-state index contributed by atoms with van der Waals surface area (Å²) in [6, 6.07) is 3.88. The van der Waals surface area contributed by atoms with Gasteiger partial charge in [0.25, 0.3) is 0 Å². The van der Waals surface area contributed by atoms with Gasteiger partial charge in [-0.15, -0.1) is 5.10 Å². The molecule has 3 rings (SSSR count). The maximum Gasteiger partial charge on any atom is 0.315 e. The van der Waals surface area contributed by atoms with Gasteiger partial charge in [0.15, 0.2) is 0 Å². The van der Waals surface area contributed by atoms with Gasteiger partial charge < -0.3 is 10.6 Å². The monoisotopic (exact) mass is 258 g/mol. The van der Waals surface area contributed by atoms with E-state index in [1.165, 1.54) is 0 Å². The highest BCUT2D eigenvalue weighted by molar-refractivity contribution is 5.74. The third-order valence-electron chi connectivity index (χ3n) is 2.81. The number of pyridine rings is 1. The normalized spacial score (nSPS) is 14.1. The van der Waals surface area contributed by atoms with Crippen LogP contribution < -0.4 is 10.6 Å².